The van der Waals surface area contributed by atoms with Crippen LogP contribution in [0.1, 0.15) is 41.1 Å². The maximum absolute atomic E-state index is 13.3. The van der Waals surface area contributed by atoms with Gasteiger partial charge < -0.3 is 19.8 Å². The standard InChI is InChI=1S/C29H31N3O5S/c33-29-25(24-18-21(10-11-26(24)31-29)38(34,35)32-14-16-36-17-15-32)19-28-23(22-8-4-5-9-27(22)37-28)12-13-30-20-6-2-1-3-7-20/h1-3,6-7,10-11,18-19,30H,4-5,8-9,12-17H2,(H,31,33). The number of ether oxygens (including phenoxy) is 1. The number of anilines is 2. The van der Waals surface area contributed by atoms with Crippen molar-refractivity contribution in [2.75, 3.05) is 43.5 Å². The average molecular weight is 534 g/mol. The van der Waals surface area contributed by atoms with Gasteiger partial charge in [-0.1, -0.05) is 18.2 Å². The number of rotatable bonds is 7. The van der Waals surface area contributed by atoms with E-state index in [-0.39, 0.29) is 10.8 Å². The van der Waals surface area contributed by atoms with Gasteiger partial charge in [0.05, 0.1) is 23.7 Å². The lowest BCUT2D eigenvalue weighted by Crippen LogP contribution is -2.40. The minimum Gasteiger partial charge on any atom is -0.461 e. The first-order valence-electron chi connectivity index (χ1n) is 13.2. The summed E-state index contributed by atoms with van der Waals surface area (Å²) >= 11 is 0. The Hall–Kier alpha value is -3.40. The zero-order valence-corrected chi connectivity index (χ0v) is 22.0. The second kappa shape index (κ2) is 10.4. The van der Waals surface area contributed by atoms with E-state index in [0.29, 0.717) is 48.9 Å². The van der Waals surface area contributed by atoms with Crippen molar-refractivity contribution in [2.45, 2.75) is 37.0 Å². The number of carbonyl (C=O) groups is 1. The molecule has 1 aliphatic carbocycles. The number of nitrogens with zero attached hydrogens (tertiary/aromatic N) is 1. The Bertz CT molecular complexity index is 1490. The van der Waals surface area contributed by atoms with Crippen LogP contribution in [-0.4, -0.2) is 51.5 Å². The van der Waals surface area contributed by atoms with Gasteiger partial charge in [0.25, 0.3) is 5.91 Å². The number of morpholine rings is 1. The van der Waals surface area contributed by atoms with Crippen molar-refractivity contribution in [3.05, 3.63) is 76.7 Å². The number of hydrogen-bond acceptors (Lipinski definition) is 6. The quantitative estimate of drug-likeness (QED) is 0.439. The normalized spacial score (nSPS) is 18.7. The second-order valence-corrected chi connectivity index (χ2v) is 11.8. The van der Waals surface area contributed by atoms with Crippen molar-refractivity contribution in [1.29, 1.82) is 0 Å². The first kappa shape index (κ1) is 24.9. The number of nitrogens with one attached hydrogen (secondary N) is 2. The molecule has 38 heavy (non-hydrogen) atoms. The molecule has 3 heterocycles. The predicted molar refractivity (Wildman–Crippen MR) is 147 cm³/mol. The number of fused-ring (bicyclic) bond motifs is 2. The van der Waals surface area contributed by atoms with E-state index in [1.807, 2.05) is 30.3 Å². The molecule has 0 spiro atoms. The second-order valence-electron chi connectivity index (χ2n) is 9.83. The zero-order chi connectivity index (χ0) is 26.1. The molecule has 1 amide bonds. The van der Waals surface area contributed by atoms with Gasteiger partial charge in [0, 0.05) is 48.6 Å². The van der Waals surface area contributed by atoms with Crippen molar-refractivity contribution in [3.63, 3.8) is 0 Å². The van der Waals surface area contributed by atoms with Gasteiger partial charge in [-0.15, -0.1) is 0 Å². The monoisotopic (exact) mass is 533 g/mol. The Kier molecular flexibility index (Phi) is 6.82. The summed E-state index contributed by atoms with van der Waals surface area (Å²) in [6.45, 7) is 2.12. The van der Waals surface area contributed by atoms with Crippen molar-refractivity contribution in [3.8, 4) is 0 Å². The van der Waals surface area contributed by atoms with Crippen molar-refractivity contribution in [1.82, 2.24) is 4.31 Å². The minimum absolute atomic E-state index is 0.173. The summed E-state index contributed by atoms with van der Waals surface area (Å²) in [6.07, 6.45) is 6.61. The Labute approximate surface area is 222 Å². The molecule has 0 radical (unpaired) electrons. The van der Waals surface area contributed by atoms with Crippen LogP contribution in [-0.2, 0) is 38.8 Å². The molecule has 0 bridgehead atoms. The maximum atomic E-state index is 13.3. The molecule has 3 aliphatic rings. The molecule has 9 heteroatoms. The lowest BCUT2D eigenvalue weighted by molar-refractivity contribution is -0.110. The highest BCUT2D eigenvalue weighted by atomic mass is 32.2. The number of para-hydroxylation sites is 1. The predicted octanol–water partition coefficient (Wildman–Crippen LogP) is 4.33. The van der Waals surface area contributed by atoms with Crippen LogP contribution in [0.5, 0.6) is 0 Å². The number of furan rings is 1. The molecule has 1 fully saturated rings. The SMILES string of the molecule is O=C1Nc2ccc(S(=O)(=O)N3CCOCC3)cc2C1=Cc1oc2c(c1CCNc1ccccc1)CCCC2. The number of carbonyl (C=O) groups excluding carboxylic acids is 1. The summed E-state index contributed by atoms with van der Waals surface area (Å²) in [7, 11) is -3.69. The smallest absolute Gasteiger partial charge is 0.256 e. The number of sulfonamides is 1. The molecule has 1 saturated heterocycles. The fourth-order valence-corrected chi connectivity index (χ4v) is 6.90. The van der Waals surface area contributed by atoms with E-state index in [1.165, 1.54) is 9.87 Å². The van der Waals surface area contributed by atoms with Crippen LogP contribution in [0.15, 0.2) is 57.8 Å². The molecule has 0 saturated carbocycles. The van der Waals surface area contributed by atoms with Gasteiger partial charge in [0.2, 0.25) is 10.0 Å². The van der Waals surface area contributed by atoms with E-state index in [9.17, 15) is 13.2 Å². The molecule has 6 rings (SSSR count). The highest BCUT2D eigenvalue weighted by Crippen LogP contribution is 2.38. The Morgan fingerprint density at radius 1 is 1.03 bits per heavy atom. The van der Waals surface area contributed by atoms with Crippen LogP contribution in [0.2, 0.25) is 0 Å². The topological polar surface area (TPSA) is 101 Å². The third-order valence-electron chi connectivity index (χ3n) is 7.45. The molecular weight excluding hydrogens is 502 g/mol. The highest BCUT2D eigenvalue weighted by molar-refractivity contribution is 7.89. The lowest BCUT2D eigenvalue weighted by atomic mass is 9.93. The van der Waals surface area contributed by atoms with Crippen LogP contribution in [0, 0.1) is 0 Å². The molecule has 2 N–H and O–H groups in total. The van der Waals surface area contributed by atoms with Gasteiger partial charge >= 0.3 is 0 Å². The number of benzene rings is 2. The van der Waals surface area contributed by atoms with Crippen molar-refractivity contribution < 1.29 is 22.4 Å². The fraction of sp³-hybridized carbons (Fsp3) is 0.345. The maximum Gasteiger partial charge on any atom is 0.256 e. The molecule has 0 atom stereocenters. The summed E-state index contributed by atoms with van der Waals surface area (Å²) in [4.78, 5) is 13.2. The highest BCUT2D eigenvalue weighted by Gasteiger charge is 2.31. The molecule has 2 aliphatic heterocycles. The fourth-order valence-electron chi connectivity index (χ4n) is 5.47. The van der Waals surface area contributed by atoms with Gasteiger partial charge in [0.15, 0.2) is 0 Å². The molecular formula is C29H31N3O5S. The Morgan fingerprint density at radius 3 is 2.63 bits per heavy atom. The van der Waals surface area contributed by atoms with Crippen LogP contribution in [0.25, 0.3) is 11.6 Å². The van der Waals surface area contributed by atoms with Crippen molar-refractivity contribution in [2.24, 2.45) is 0 Å². The van der Waals surface area contributed by atoms with E-state index in [1.54, 1.807) is 24.3 Å². The molecule has 2 aromatic carbocycles. The average Bonchev–Trinajstić information content (AvgIpc) is 3.46. The van der Waals surface area contributed by atoms with Gasteiger partial charge in [-0.05, 0) is 67.7 Å². The Morgan fingerprint density at radius 2 is 1.82 bits per heavy atom. The summed E-state index contributed by atoms with van der Waals surface area (Å²) in [5, 5.41) is 6.35. The van der Waals surface area contributed by atoms with Crippen LogP contribution >= 0.6 is 0 Å². The first-order chi connectivity index (χ1) is 18.5. The molecule has 1 aromatic heterocycles. The largest absolute Gasteiger partial charge is 0.461 e. The van der Waals surface area contributed by atoms with Crippen LogP contribution < -0.4 is 10.6 Å². The third-order valence-corrected chi connectivity index (χ3v) is 9.34. The lowest BCUT2D eigenvalue weighted by Gasteiger charge is -2.26. The summed E-state index contributed by atoms with van der Waals surface area (Å²) in [5.74, 6) is 1.43. The van der Waals surface area contributed by atoms with Crippen LogP contribution in [0.3, 0.4) is 0 Å². The number of amides is 1. The third kappa shape index (κ3) is 4.77. The van der Waals surface area contributed by atoms with E-state index in [4.69, 9.17) is 9.15 Å². The number of aryl methyl sites for hydroxylation is 1. The van der Waals surface area contributed by atoms with Gasteiger partial charge in [-0.2, -0.15) is 4.31 Å². The molecule has 0 unspecified atom stereocenters. The van der Waals surface area contributed by atoms with E-state index in [0.717, 1.165) is 55.7 Å². The van der Waals surface area contributed by atoms with Gasteiger partial charge in [0.1, 0.15) is 11.5 Å². The summed E-state index contributed by atoms with van der Waals surface area (Å²) in [6, 6.07) is 14.9. The van der Waals surface area contributed by atoms with Gasteiger partial charge in [-0.3, -0.25) is 4.79 Å². The number of hydrogen-bond donors (Lipinski definition) is 2. The van der Waals surface area contributed by atoms with E-state index in [2.05, 4.69) is 10.6 Å². The van der Waals surface area contributed by atoms with E-state index < -0.39 is 10.0 Å². The van der Waals surface area contributed by atoms with Crippen LogP contribution in [0.4, 0.5) is 11.4 Å². The summed E-state index contributed by atoms with van der Waals surface area (Å²) in [5.41, 5.74) is 5.03. The van der Waals surface area contributed by atoms with E-state index >= 15 is 0 Å². The molecule has 198 valence electrons. The first-order valence-corrected chi connectivity index (χ1v) is 14.6. The van der Waals surface area contributed by atoms with Gasteiger partial charge in [-0.25, -0.2) is 8.42 Å². The minimum atomic E-state index is -3.69. The molecule has 8 nitrogen and oxygen atoms in total. The zero-order valence-electron chi connectivity index (χ0n) is 21.2. The van der Waals surface area contributed by atoms with Crippen molar-refractivity contribution >= 4 is 39.0 Å². The molecule has 3 aromatic rings. The summed E-state index contributed by atoms with van der Waals surface area (Å²) < 4.78 is 39.6. The Balaban J connectivity index is 1.33.